The van der Waals surface area contributed by atoms with Gasteiger partial charge >= 0.3 is 0 Å². The highest BCUT2D eigenvalue weighted by molar-refractivity contribution is 9.10. The Hall–Kier alpha value is -0.190. The number of halogens is 1. The van der Waals surface area contributed by atoms with Crippen LogP contribution in [-0.2, 0) is 10.8 Å². The van der Waals surface area contributed by atoms with E-state index in [0.29, 0.717) is 6.04 Å². The molecule has 0 spiro atoms. The molecule has 1 N–H and O–H groups in total. The lowest BCUT2D eigenvalue weighted by Gasteiger charge is -2.16. The second-order valence-electron chi connectivity index (χ2n) is 3.99. The first-order chi connectivity index (χ1) is 7.54. The summed E-state index contributed by atoms with van der Waals surface area (Å²) in [6.45, 7) is 4.14. The van der Waals surface area contributed by atoms with Gasteiger partial charge in [-0.1, -0.05) is 22.9 Å². The van der Waals surface area contributed by atoms with Gasteiger partial charge in [-0.15, -0.1) is 0 Å². The van der Waals surface area contributed by atoms with E-state index in [-0.39, 0.29) is 5.25 Å². The Labute approximate surface area is 108 Å². The molecule has 1 aromatic carbocycles. The van der Waals surface area contributed by atoms with Crippen LogP contribution in [0.5, 0.6) is 0 Å². The molecule has 0 bridgehead atoms. The van der Waals surface area contributed by atoms with E-state index in [0.717, 1.165) is 15.8 Å². The molecule has 2 nitrogen and oxygen atoms in total. The Morgan fingerprint density at radius 2 is 1.88 bits per heavy atom. The topological polar surface area (TPSA) is 29.1 Å². The van der Waals surface area contributed by atoms with E-state index < -0.39 is 10.8 Å². The van der Waals surface area contributed by atoms with E-state index in [1.165, 1.54) is 0 Å². The lowest BCUT2D eigenvalue weighted by molar-refractivity contribution is 0.554. The predicted octanol–water partition coefficient (Wildman–Crippen LogP) is 2.94. The Bertz CT molecular complexity index is 353. The van der Waals surface area contributed by atoms with Gasteiger partial charge in [0.05, 0.1) is 10.8 Å². The zero-order valence-corrected chi connectivity index (χ0v) is 12.3. The van der Waals surface area contributed by atoms with Crippen molar-refractivity contribution in [2.24, 2.45) is 0 Å². The number of rotatable bonds is 5. The number of nitrogens with one attached hydrogen (secondary N) is 1. The largest absolute Gasteiger partial charge is 0.317 e. The molecule has 16 heavy (non-hydrogen) atoms. The number of hydrogen-bond donors (Lipinski definition) is 1. The highest BCUT2D eigenvalue weighted by Crippen LogP contribution is 2.17. The first kappa shape index (κ1) is 13.9. The highest BCUT2D eigenvalue weighted by Gasteiger charge is 2.15. The molecule has 0 radical (unpaired) electrons. The summed E-state index contributed by atoms with van der Waals surface area (Å²) in [6.07, 6.45) is 0.916. The molecule has 0 heterocycles. The van der Waals surface area contributed by atoms with Gasteiger partial charge in [0.1, 0.15) is 0 Å². The molecule has 3 unspecified atom stereocenters. The van der Waals surface area contributed by atoms with E-state index in [4.69, 9.17) is 0 Å². The molecule has 0 aliphatic rings. The average Bonchev–Trinajstić information content (AvgIpc) is 2.28. The van der Waals surface area contributed by atoms with Crippen LogP contribution in [0.1, 0.15) is 20.3 Å². The van der Waals surface area contributed by atoms with E-state index in [2.05, 4.69) is 28.2 Å². The van der Waals surface area contributed by atoms with Crippen LogP contribution in [0.4, 0.5) is 0 Å². The molecule has 90 valence electrons. The minimum Gasteiger partial charge on any atom is -0.317 e. The maximum Gasteiger partial charge on any atom is 0.0558 e. The summed E-state index contributed by atoms with van der Waals surface area (Å²) in [4.78, 5) is 0.902. The summed E-state index contributed by atoms with van der Waals surface area (Å²) in [7, 11) is 1.01. The molecule has 4 heteroatoms. The van der Waals surface area contributed by atoms with Crippen molar-refractivity contribution in [1.29, 1.82) is 0 Å². The third-order valence-corrected chi connectivity index (χ3v) is 4.78. The Kier molecular flexibility index (Phi) is 5.66. The van der Waals surface area contributed by atoms with Crippen LogP contribution in [0.2, 0.25) is 0 Å². The average molecular weight is 304 g/mol. The van der Waals surface area contributed by atoms with Crippen molar-refractivity contribution in [2.75, 3.05) is 7.05 Å². The van der Waals surface area contributed by atoms with E-state index >= 15 is 0 Å². The zero-order valence-electron chi connectivity index (χ0n) is 9.87. The molecule has 1 aromatic rings. The fraction of sp³-hybridized carbons (Fsp3) is 0.500. The van der Waals surface area contributed by atoms with Crippen molar-refractivity contribution in [3.8, 4) is 0 Å². The van der Waals surface area contributed by atoms with Crippen molar-refractivity contribution in [3.05, 3.63) is 28.7 Å². The molecule has 0 aliphatic heterocycles. The molecule has 0 fully saturated rings. The standard InChI is InChI=1S/C12H18BrNOS/c1-9(14-3)8-10(2)16(15)12-6-4-11(13)5-7-12/h4-7,9-10,14H,8H2,1-3H3. The van der Waals surface area contributed by atoms with Crippen LogP contribution in [0, 0.1) is 0 Å². The fourth-order valence-corrected chi connectivity index (χ4v) is 3.10. The third kappa shape index (κ3) is 4.00. The summed E-state index contributed by atoms with van der Waals surface area (Å²) < 4.78 is 13.2. The maximum absolute atomic E-state index is 12.2. The lowest BCUT2D eigenvalue weighted by atomic mass is 10.2. The second kappa shape index (κ2) is 6.52. The van der Waals surface area contributed by atoms with Gasteiger partial charge in [-0.25, -0.2) is 0 Å². The van der Waals surface area contributed by atoms with Crippen LogP contribution in [-0.4, -0.2) is 22.5 Å². The van der Waals surface area contributed by atoms with Gasteiger partial charge in [0.15, 0.2) is 0 Å². The van der Waals surface area contributed by atoms with Crippen LogP contribution in [0.25, 0.3) is 0 Å². The second-order valence-corrected chi connectivity index (χ2v) is 6.77. The molecule has 1 rings (SSSR count). The fourth-order valence-electron chi connectivity index (χ4n) is 1.50. The minimum absolute atomic E-state index is 0.170. The Morgan fingerprint density at radius 3 is 2.38 bits per heavy atom. The molecule has 0 aromatic heterocycles. The van der Waals surface area contributed by atoms with Crippen LogP contribution >= 0.6 is 15.9 Å². The monoisotopic (exact) mass is 303 g/mol. The summed E-state index contributed by atoms with van der Waals surface area (Å²) >= 11 is 3.37. The van der Waals surface area contributed by atoms with Crippen molar-refractivity contribution in [3.63, 3.8) is 0 Å². The number of hydrogen-bond acceptors (Lipinski definition) is 2. The molecule has 3 atom stereocenters. The molecule has 0 saturated heterocycles. The summed E-state index contributed by atoms with van der Waals surface area (Å²) in [5, 5.41) is 3.34. The Morgan fingerprint density at radius 1 is 1.31 bits per heavy atom. The van der Waals surface area contributed by atoms with Crippen LogP contribution in [0.3, 0.4) is 0 Å². The van der Waals surface area contributed by atoms with Gasteiger partial charge in [0.2, 0.25) is 0 Å². The Balaban J connectivity index is 2.67. The predicted molar refractivity (Wildman–Crippen MR) is 73.2 cm³/mol. The van der Waals surface area contributed by atoms with Gasteiger partial charge in [0.25, 0.3) is 0 Å². The molecule has 0 amide bonds. The first-order valence-corrected chi connectivity index (χ1v) is 7.38. The third-order valence-electron chi connectivity index (χ3n) is 2.59. The molecule has 0 aliphatic carbocycles. The molecular formula is C12H18BrNOS. The smallest absolute Gasteiger partial charge is 0.0558 e. The SMILES string of the molecule is CNC(C)CC(C)S(=O)c1ccc(Br)cc1. The van der Waals surface area contributed by atoms with E-state index in [9.17, 15) is 4.21 Å². The van der Waals surface area contributed by atoms with Gasteiger partial charge in [-0.2, -0.15) is 0 Å². The lowest BCUT2D eigenvalue weighted by Crippen LogP contribution is -2.27. The van der Waals surface area contributed by atoms with Crippen molar-refractivity contribution < 1.29 is 4.21 Å². The quantitative estimate of drug-likeness (QED) is 0.906. The van der Waals surface area contributed by atoms with Gasteiger partial charge in [0, 0.05) is 20.7 Å². The van der Waals surface area contributed by atoms with Gasteiger partial charge in [-0.3, -0.25) is 4.21 Å². The van der Waals surface area contributed by atoms with E-state index in [1.807, 2.05) is 38.2 Å². The maximum atomic E-state index is 12.2. The van der Waals surface area contributed by atoms with Crippen molar-refractivity contribution in [2.45, 2.75) is 36.5 Å². The van der Waals surface area contributed by atoms with Crippen LogP contribution in [0.15, 0.2) is 33.6 Å². The van der Waals surface area contributed by atoms with Crippen molar-refractivity contribution in [1.82, 2.24) is 5.32 Å². The minimum atomic E-state index is -0.919. The summed E-state index contributed by atoms with van der Waals surface area (Å²) in [5.41, 5.74) is 0. The van der Waals surface area contributed by atoms with Gasteiger partial charge < -0.3 is 5.32 Å². The summed E-state index contributed by atoms with van der Waals surface area (Å²) in [6, 6.07) is 8.10. The van der Waals surface area contributed by atoms with Crippen LogP contribution < -0.4 is 5.32 Å². The van der Waals surface area contributed by atoms with Crippen molar-refractivity contribution >= 4 is 26.7 Å². The highest BCUT2D eigenvalue weighted by atomic mass is 79.9. The molecule has 0 saturated carbocycles. The van der Waals surface area contributed by atoms with Gasteiger partial charge in [-0.05, 0) is 44.7 Å². The normalized spacial score (nSPS) is 16.8. The first-order valence-electron chi connectivity index (χ1n) is 5.38. The number of benzene rings is 1. The van der Waals surface area contributed by atoms with E-state index in [1.54, 1.807) is 0 Å². The summed E-state index contributed by atoms with van der Waals surface area (Å²) in [5.74, 6) is 0. The zero-order chi connectivity index (χ0) is 12.1. The molecular weight excluding hydrogens is 286 g/mol.